The second-order valence-electron chi connectivity index (χ2n) is 8.73. The van der Waals surface area contributed by atoms with Crippen LogP contribution < -0.4 is 10.6 Å². The number of carbonyl (C=O) groups excluding carboxylic acids is 1. The Morgan fingerprint density at radius 1 is 1.22 bits per heavy atom. The predicted molar refractivity (Wildman–Crippen MR) is 130 cm³/mol. The average Bonchev–Trinajstić information content (AvgIpc) is 3.14. The lowest BCUT2D eigenvalue weighted by atomic mass is 9.98. The summed E-state index contributed by atoms with van der Waals surface area (Å²) >= 11 is 7.99. The summed E-state index contributed by atoms with van der Waals surface area (Å²) in [6, 6.07) is 13.7. The van der Waals surface area contributed by atoms with Crippen LogP contribution >= 0.6 is 22.9 Å². The molecular formula is C25H26ClN3O2S. The van der Waals surface area contributed by atoms with Crippen LogP contribution in [0.15, 0.2) is 42.5 Å². The summed E-state index contributed by atoms with van der Waals surface area (Å²) in [7, 11) is 0. The number of carbonyl (C=O) groups is 1. The highest BCUT2D eigenvalue weighted by Crippen LogP contribution is 2.42. The van der Waals surface area contributed by atoms with Crippen molar-refractivity contribution in [1.82, 2.24) is 10.2 Å². The fraction of sp³-hybridized carbons (Fsp3) is 0.320. The number of nitrogens with one attached hydrogen (secondary N) is 2. The van der Waals surface area contributed by atoms with Crippen LogP contribution in [0.25, 0.3) is 0 Å². The number of phenols is 1. The number of amides is 1. The van der Waals surface area contributed by atoms with Crippen molar-refractivity contribution >= 4 is 33.8 Å². The monoisotopic (exact) mass is 467 g/mol. The number of rotatable bonds is 4. The van der Waals surface area contributed by atoms with Gasteiger partial charge in [-0.3, -0.25) is 9.69 Å². The zero-order valence-corrected chi connectivity index (χ0v) is 19.7. The van der Waals surface area contributed by atoms with Crippen LogP contribution in [0.3, 0.4) is 0 Å². The lowest BCUT2D eigenvalue weighted by molar-refractivity contribution is 0.0934. The van der Waals surface area contributed by atoms with Gasteiger partial charge in [-0.2, -0.15) is 0 Å². The minimum atomic E-state index is -0.484. The topological polar surface area (TPSA) is 64.6 Å². The van der Waals surface area contributed by atoms with Crippen LogP contribution in [0.1, 0.15) is 57.5 Å². The van der Waals surface area contributed by atoms with E-state index in [-0.39, 0.29) is 11.7 Å². The molecule has 1 aromatic heterocycles. The molecule has 0 radical (unpaired) electrons. The fourth-order valence-corrected chi connectivity index (χ4v) is 6.04. The third-order valence-corrected chi connectivity index (χ3v) is 7.87. The molecule has 0 saturated carbocycles. The van der Waals surface area contributed by atoms with Gasteiger partial charge in [-0.05, 0) is 61.6 Å². The highest BCUT2D eigenvalue weighted by molar-refractivity contribution is 7.16. The van der Waals surface area contributed by atoms with Crippen molar-refractivity contribution in [2.75, 3.05) is 11.9 Å². The van der Waals surface area contributed by atoms with Gasteiger partial charge in [0.25, 0.3) is 5.91 Å². The Kier molecular flexibility index (Phi) is 5.61. The van der Waals surface area contributed by atoms with E-state index in [2.05, 4.69) is 29.4 Å². The van der Waals surface area contributed by atoms with Gasteiger partial charge < -0.3 is 15.7 Å². The summed E-state index contributed by atoms with van der Waals surface area (Å²) in [6.45, 7) is 6.26. The van der Waals surface area contributed by atoms with Crippen molar-refractivity contribution in [3.05, 3.63) is 80.2 Å². The molecule has 3 N–H and O–H groups in total. The molecule has 7 heteroatoms. The molecule has 2 aromatic carbocycles. The van der Waals surface area contributed by atoms with Crippen LogP contribution in [0, 0.1) is 0 Å². The SMILES string of the molecule is CC(C)N1CCc2c(sc3c2C(=O)NC(c2cc(Cc4ccccc4Cl)ccc2O)N3)C1. The Balaban J connectivity index is 1.43. The first kappa shape index (κ1) is 21.3. The van der Waals surface area contributed by atoms with Crippen LogP contribution in [-0.2, 0) is 19.4 Å². The Morgan fingerprint density at radius 3 is 2.81 bits per heavy atom. The normalized spacial score (nSPS) is 18.1. The molecule has 3 aromatic rings. The Hall–Kier alpha value is -2.54. The molecule has 32 heavy (non-hydrogen) atoms. The first-order chi connectivity index (χ1) is 15.4. The van der Waals surface area contributed by atoms with E-state index in [0.29, 0.717) is 18.0 Å². The van der Waals surface area contributed by atoms with E-state index in [1.165, 1.54) is 10.4 Å². The average molecular weight is 468 g/mol. The number of nitrogens with zero attached hydrogens (tertiary/aromatic N) is 1. The molecule has 1 atom stereocenters. The van der Waals surface area contributed by atoms with Crippen molar-refractivity contribution in [2.24, 2.45) is 0 Å². The summed E-state index contributed by atoms with van der Waals surface area (Å²) < 4.78 is 0. The summed E-state index contributed by atoms with van der Waals surface area (Å²) in [5.41, 5.74) is 4.64. The summed E-state index contributed by atoms with van der Waals surface area (Å²) in [4.78, 5) is 16.8. The van der Waals surface area contributed by atoms with Crippen molar-refractivity contribution in [2.45, 2.75) is 45.4 Å². The minimum Gasteiger partial charge on any atom is -0.508 e. The molecule has 166 valence electrons. The number of aromatic hydroxyl groups is 1. The highest BCUT2D eigenvalue weighted by Gasteiger charge is 2.34. The molecule has 0 saturated heterocycles. The molecular weight excluding hydrogens is 442 g/mol. The zero-order valence-electron chi connectivity index (χ0n) is 18.1. The molecule has 5 nitrogen and oxygen atoms in total. The van der Waals surface area contributed by atoms with Gasteiger partial charge in [-0.15, -0.1) is 11.3 Å². The number of fused-ring (bicyclic) bond motifs is 3. The van der Waals surface area contributed by atoms with E-state index < -0.39 is 6.17 Å². The fourth-order valence-electron chi connectivity index (χ4n) is 4.54. The van der Waals surface area contributed by atoms with Crippen LogP contribution in [0.4, 0.5) is 5.00 Å². The van der Waals surface area contributed by atoms with Crippen molar-refractivity contribution in [1.29, 1.82) is 0 Å². The van der Waals surface area contributed by atoms with Crippen molar-refractivity contribution < 1.29 is 9.90 Å². The van der Waals surface area contributed by atoms with Crippen LogP contribution in [0.5, 0.6) is 5.75 Å². The number of phenolic OH excluding ortho intramolecular Hbond substituents is 1. The van der Waals surface area contributed by atoms with Gasteiger partial charge in [0, 0.05) is 34.6 Å². The minimum absolute atomic E-state index is 0.0739. The van der Waals surface area contributed by atoms with E-state index in [1.54, 1.807) is 17.4 Å². The molecule has 3 heterocycles. The standard InChI is InChI=1S/C25H26ClN3O2S/c1-14(2)29-10-9-17-21(13-29)32-25-22(17)24(31)27-23(28-25)18-12-15(7-8-20(18)30)11-16-5-3-4-6-19(16)26/h3-8,12,14,23,28,30H,9-11,13H2,1-2H3,(H,27,31). The van der Waals surface area contributed by atoms with Gasteiger partial charge >= 0.3 is 0 Å². The number of thiophene rings is 1. The maximum atomic E-state index is 13.1. The number of anilines is 1. The number of halogens is 1. The largest absolute Gasteiger partial charge is 0.508 e. The molecule has 2 aliphatic rings. The Labute approximate surface area is 197 Å². The van der Waals surface area contributed by atoms with Gasteiger partial charge in [-0.1, -0.05) is 35.9 Å². The van der Waals surface area contributed by atoms with Crippen molar-refractivity contribution in [3.63, 3.8) is 0 Å². The van der Waals surface area contributed by atoms with Gasteiger partial charge in [0.05, 0.1) is 5.56 Å². The number of hydrogen-bond donors (Lipinski definition) is 3. The van der Waals surface area contributed by atoms with Crippen LogP contribution in [0.2, 0.25) is 5.02 Å². The second-order valence-corrected chi connectivity index (χ2v) is 10.2. The summed E-state index contributed by atoms with van der Waals surface area (Å²) in [5, 5.41) is 18.7. The van der Waals surface area contributed by atoms with Crippen LogP contribution in [-0.4, -0.2) is 28.5 Å². The lowest BCUT2D eigenvalue weighted by Crippen LogP contribution is -2.39. The first-order valence-electron chi connectivity index (χ1n) is 10.9. The molecule has 1 amide bonds. The molecule has 0 spiro atoms. The van der Waals surface area contributed by atoms with Gasteiger partial charge in [-0.25, -0.2) is 0 Å². The molecule has 2 aliphatic heterocycles. The molecule has 0 bridgehead atoms. The highest BCUT2D eigenvalue weighted by atomic mass is 35.5. The molecule has 0 fully saturated rings. The summed E-state index contributed by atoms with van der Waals surface area (Å²) in [6.07, 6.45) is 1.05. The Morgan fingerprint density at radius 2 is 2.03 bits per heavy atom. The van der Waals surface area contributed by atoms with Crippen molar-refractivity contribution in [3.8, 4) is 5.75 Å². The maximum Gasteiger partial charge on any atom is 0.256 e. The first-order valence-corrected chi connectivity index (χ1v) is 12.1. The van der Waals surface area contributed by atoms with Gasteiger partial charge in [0.15, 0.2) is 0 Å². The maximum absolute atomic E-state index is 13.1. The smallest absolute Gasteiger partial charge is 0.256 e. The number of benzene rings is 2. The lowest BCUT2D eigenvalue weighted by Gasteiger charge is -2.31. The van der Waals surface area contributed by atoms with E-state index >= 15 is 0 Å². The molecule has 5 rings (SSSR count). The van der Waals surface area contributed by atoms with E-state index in [9.17, 15) is 9.90 Å². The third kappa shape index (κ3) is 3.87. The van der Waals surface area contributed by atoms with Gasteiger partial charge in [0.1, 0.15) is 16.9 Å². The van der Waals surface area contributed by atoms with Gasteiger partial charge in [0.2, 0.25) is 0 Å². The molecule has 0 aliphatic carbocycles. The second kappa shape index (κ2) is 8.43. The predicted octanol–water partition coefficient (Wildman–Crippen LogP) is 5.32. The summed E-state index contributed by atoms with van der Waals surface area (Å²) in [5.74, 6) is 0.0802. The number of hydrogen-bond acceptors (Lipinski definition) is 5. The zero-order chi connectivity index (χ0) is 22.4. The third-order valence-electron chi connectivity index (χ3n) is 6.35. The molecule has 1 unspecified atom stereocenters. The quantitative estimate of drug-likeness (QED) is 0.486. The Bertz CT molecular complexity index is 1190. The van der Waals surface area contributed by atoms with E-state index in [0.717, 1.165) is 46.2 Å². The van der Waals surface area contributed by atoms with E-state index in [1.807, 2.05) is 36.4 Å². The van der Waals surface area contributed by atoms with E-state index in [4.69, 9.17) is 11.6 Å².